The lowest BCUT2D eigenvalue weighted by molar-refractivity contribution is -0.120. The fourth-order valence-corrected chi connectivity index (χ4v) is 3.15. The molecule has 1 aliphatic heterocycles. The van der Waals surface area contributed by atoms with Crippen molar-refractivity contribution in [1.82, 2.24) is 5.32 Å². The first-order valence-electron chi connectivity index (χ1n) is 6.36. The normalized spacial score (nSPS) is 19.6. The first kappa shape index (κ1) is 13.6. The van der Waals surface area contributed by atoms with Crippen molar-refractivity contribution in [3.63, 3.8) is 0 Å². The van der Waals surface area contributed by atoms with Crippen molar-refractivity contribution < 1.29 is 4.79 Å². The Morgan fingerprint density at radius 3 is 2.83 bits per heavy atom. The highest BCUT2D eigenvalue weighted by Gasteiger charge is 2.21. The molecule has 1 atom stereocenters. The molecule has 1 fully saturated rings. The summed E-state index contributed by atoms with van der Waals surface area (Å²) in [6.07, 6.45) is 2.05. The van der Waals surface area contributed by atoms with Gasteiger partial charge in [-0.2, -0.15) is 0 Å². The molecular formula is C14H19BrN2O. The van der Waals surface area contributed by atoms with E-state index in [1.54, 1.807) is 0 Å². The van der Waals surface area contributed by atoms with Crippen LogP contribution in [0.15, 0.2) is 16.6 Å². The largest absolute Gasteiger partial charge is 0.325 e. The maximum atomic E-state index is 12.2. The topological polar surface area (TPSA) is 41.1 Å². The lowest BCUT2D eigenvalue weighted by Crippen LogP contribution is -2.37. The van der Waals surface area contributed by atoms with Gasteiger partial charge in [-0.3, -0.25) is 4.79 Å². The van der Waals surface area contributed by atoms with E-state index in [-0.39, 0.29) is 11.8 Å². The van der Waals surface area contributed by atoms with Crippen LogP contribution in [-0.2, 0) is 4.79 Å². The summed E-state index contributed by atoms with van der Waals surface area (Å²) in [5.74, 6) is 0.209. The van der Waals surface area contributed by atoms with Crippen molar-refractivity contribution in [3.05, 3.63) is 27.7 Å². The van der Waals surface area contributed by atoms with Crippen molar-refractivity contribution in [2.75, 3.05) is 18.4 Å². The number of nitrogens with one attached hydrogen (secondary N) is 2. The van der Waals surface area contributed by atoms with Gasteiger partial charge in [-0.05, 0) is 66.4 Å². The van der Waals surface area contributed by atoms with Crippen LogP contribution in [0.5, 0.6) is 0 Å². The standard InChI is InChI=1S/C14H19BrN2O/c1-9-6-10(2)13(12(15)7-9)17-14(18)11-4-3-5-16-8-11/h6-7,11,16H,3-5,8H2,1-2H3,(H,17,18)/t11-/m0/s1. The van der Waals surface area contributed by atoms with Gasteiger partial charge in [0.15, 0.2) is 0 Å². The summed E-state index contributed by atoms with van der Waals surface area (Å²) in [6.45, 7) is 5.88. The number of carbonyl (C=O) groups is 1. The predicted molar refractivity (Wildman–Crippen MR) is 77.8 cm³/mol. The number of carbonyl (C=O) groups excluding carboxylic acids is 1. The van der Waals surface area contributed by atoms with Gasteiger partial charge >= 0.3 is 0 Å². The molecule has 0 aliphatic carbocycles. The third-order valence-corrected chi connectivity index (χ3v) is 3.97. The number of benzene rings is 1. The molecule has 1 aromatic carbocycles. The third kappa shape index (κ3) is 3.12. The maximum absolute atomic E-state index is 12.2. The van der Waals surface area contributed by atoms with Crippen molar-refractivity contribution in [2.24, 2.45) is 5.92 Å². The van der Waals surface area contributed by atoms with E-state index in [4.69, 9.17) is 0 Å². The molecule has 98 valence electrons. The fourth-order valence-electron chi connectivity index (χ4n) is 2.37. The van der Waals surface area contributed by atoms with Crippen LogP contribution < -0.4 is 10.6 Å². The number of hydrogen-bond donors (Lipinski definition) is 2. The fraction of sp³-hybridized carbons (Fsp3) is 0.500. The van der Waals surface area contributed by atoms with Gasteiger partial charge in [0, 0.05) is 11.0 Å². The Hall–Kier alpha value is -0.870. The molecule has 2 N–H and O–H groups in total. The van der Waals surface area contributed by atoms with Crippen LogP contribution in [0.2, 0.25) is 0 Å². The van der Waals surface area contributed by atoms with Gasteiger partial charge in [0.25, 0.3) is 0 Å². The zero-order valence-electron chi connectivity index (χ0n) is 10.8. The van der Waals surface area contributed by atoms with Gasteiger partial charge < -0.3 is 10.6 Å². The quantitative estimate of drug-likeness (QED) is 0.881. The summed E-state index contributed by atoms with van der Waals surface area (Å²) < 4.78 is 0.956. The van der Waals surface area contributed by atoms with Gasteiger partial charge in [-0.25, -0.2) is 0 Å². The van der Waals surface area contributed by atoms with E-state index in [9.17, 15) is 4.79 Å². The maximum Gasteiger partial charge on any atom is 0.228 e. The molecule has 0 spiro atoms. The van der Waals surface area contributed by atoms with Gasteiger partial charge in [-0.1, -0.05) is 6.07 Å². The van der Waals surface area contributed by atoms with E-state index >= 15 is 0 Å². The Labute approximate surface area is 116 Å². The minimum Gasteiger partial charge on any atom is -0.325 e. The van der Waals surface area contributed by atoms with Crippen LogP contribution in [0.4, 0.5) is 5.69 Å². The first-order valence-corrected chi connectivity index (χ1v) is 7.15. The van der Waals surface area contributed by atoms with Crippen molar-refractivity contribution >= 4 is 27.5 Å². The second-order valence-electron chi connectivity index (χ2n) is 4.97. The Morgan fingerprint density at radius 1 is 1.44 bits per heavy atom. The number of anilines is 1. The molecule has 1 saturated heterocycles. The van der Waals surface area contributed by atoms with Crippen LogP contribution >= 0.6 is 15.9 Å². The lowest BCUT2D eigenvalue weighted by Gasteiger charge is -2.22. The molecule has 0 unspecified atom stereocenters. The van der Waals surface area contributed by atoms with Gasteiger partial charge in [-0.15, -0.1) is 0 Å². The zero-order chi connectivity index (χ0) is 13.1. The van der Waals surface area contributed by atoms with E-state index in [2.05, 4.69) is 39.6 Å². The molecule has 1 aromatic rings. The minimum atomic E-state index is 0.0892. The number of halogens is 1. The highest BCUT2D eigenvalue weighted by Crippen LogP contribution is 2.28. The predicted octanol–water partition coefficient (Wildman–Crippen LogP) is 3.00. The summed E-state index contributed by atoms with van der Waals surface area (Å²) in [4.78, 5) is 12.2. The molecule has 0 saturated carbocycles. The average Bonchev–Trinajstić information content (AvgIpc) is 2.34. The second kappa shape index (κ2) is 5.85. The Kier molecular flexibility index (Phi) is 4.40. The molecule has 0 radical (unpaired) electrons. The van der Waals surface area contributed by atoms with Crippen LogP contribution in [0.25, 0.3) is 0 Å². The molecule has 2 rings (SSSR count). The molecular weight excluding hydrogens is 292 g/mol. The third-order valence-electron chi connectivity index (χ3n) is 3.35. The number of piperidine rings is 1. The molecule has 18 heavy (non-hydrogen) atoms. The summed E-state index contributed by atoms with van der Waals surface area (Å²) in [6, 6.07) is 4.11. The summed E-state index contributed by atoms with van der Waals surface area (Å²) in [5, 5.41) is 6.32. The van der Waals surface area contributed by atoms with Crippen LogP contribution in [0.1, 0.15) is 24.0 Å². The first-order chi connectivity index (χ1) is 8.58. The van der Waals surface area contributed by atoms with Gasteiger partial charge in [0.1, 0.15) is 0 Å². The monoisotopic (exact) mass is 310 g/mol. The molecule has 1 aliphatic rings. The Balaban J connectivity index is 2.11. The SMILES string of the molecule is Cc1cc(C)c(NC(=O)[C@H]2CCCNC2)c(Br)c1. The zero-order valence-corrected chi connectivity index (χ0v) is 12.4. The molecule has 1 amide bonds. The summed E-state index contributed by atoms with van der Waals surface area (Å²) >= 11 is 3.52. The van der Waals surface area contributed by atoms with Crippen LogP contribution in [-0.4, -0.2) is 19.0 Å². The second-order valence-corrected chi connectivity index (χ2v) is 5.83. The van der Waals surface area contributed by atoms with Crippen molar-refractivity contribution in [2.45, 2.75) is 26.7 Å². The average molecular weight is 311 g/mol. The summed E-state index contributed by atoms with van der Waals surface area (Å²) in [5.41, 5.74) is 3.19. The Bertz CT molecular complexity index is 430. The van der Waals surface area contributed by atoms with Crippen molar-refractivity contribution in [1.29, 1.82) is 0 Å². The van der Waals surface area contributed by atoms with E-state index < -0.39 is 0 Å². The number of rotatable bonds is 2. The highest BCUT2D eigenvalue weighted by molar-refractivity contribution is 9.10. The van der Waals surface area contributed by atoms with Crippen LogP contribution in [0, 0.1) is 19.8 Å². The molecule has 0 bridgehead atoms. The van der Waals surface area contributed by atoms with E-state index in [1.807, 2.05) is 13.0 Å². The minimum absolute atomic E-state index is 0.0892. The molecule has 0 aromatic heterocycles. The van der Waals surface area contributed by atoms with Gasteiger partial charge in [0.2, 0.25) is 5.91 Å². The highest BCUT2D eigenvalue weighted by atomic mass is 79.9. The van der Waals surface area contributed by atoms with Crippen molar-refractivity contribution in [3.8, 4) is 0 Å². The van der Waals surface area contributed by atoms with E-state index in [0.29, 0.717) is 0 Å². The number of aryl methyl sites for hydroxylation is 2. The van der Waals surface area contributed by atoms with Crippen LogP contribution in [0.3, 0.4) is 0 Å². The molecule has 4 heteroatoms. The molecule has 1 heterocycles. The Morgan fingerprint density at radius 2 is 2.22 bits per heavy atom. The molecule has 3 nitrogen and oxygen atoms in total. The number of hydrogen-bond acceptors (Lipinski definition) is 2. The smallest absolute Gasteiger partial charge is 0.228 e. The van der Waals surface area contributed by atoms with E-state index in [0.717, 1.165) is 41.7 Å². The van der Waals surface area contributed by atoms with E-state index in [1.165, 1.54) is 5.56 Å². The lowest BCUT2D eigenvalue weighted by atomic mass is 9.98. The summed E-state index contributed by atoms with van der Waals surface area (Å²) in [7, 11) is 0. The number of amides is 1. The van der Waals surface area contributed by atoms with Gasteiger partial charge in [0.05, 0.1) is 11.6 Å².